The van der Waals surface area contributed by atoms with Crippen molar-refractivity contribution < 1.29 is 22.7 Å². The molecule has 1 atom stereocenters. The fourth-order valence-corrected chi connectivity index (χ4v) is 5.35. The van der Waals surface area contributed by atoms with E-state index < -0.39 is 10.0 Å². The molecule has 7 nitrogen and oxygen atoms in total. The maximum absolute atomic E-state index is 13.0. The summed E-state index contributed by atoms with van der Waals surface area (Å²) in [6.45, 7) is 5.81. The second-order valence-corrected chi connectivity index (χ2v) is 11.5. The maximum Gasteiger partial charge on any atom is 0.229 e. The average molecular weight is 487 g/mol. The Hall–Kier alpha value is -2.74. The van der Waals surface area contributed by atoms with E-state index in [1.165, 1.54) is 0 Å². The van der Waals surface area contributed by atoms with Crippen LogP contribution in [0, 0.1) is 6.92 Å². The Labute approximate surface area is 202 Å². The zero-order chi connectivity index (χ0) is 24.5. The topological polar surface area (TPSA) is 93.7 Å². The van der Waals surface area contributed by atoms with E-state index in [9.17, 15) is 13.2 Å². The van der Waals surface area contributed by atoms with Crippen molar-refractivity contribution in [2.24, 2.45) is 0 Å². The van der Waals surface area contributed by atoms with Gasteiger partial charge in [0.25, 0.3) is 0 Å². The minimum Gasteiger partial charge on any atom is -0.489 e. The van der Waals surface area contributed by atoms with Gasteiger partial charge in [0.15, 0.2) is 0 Å². The van der Waals surface area contributed by atoms with Gasteiger partial charge in [0.1, 0.15) is 17.1 Å². The summed E-state index contributed by atoms with van der Waals surface area (Å²) < 4.78 is 38.5. The van der Waals surface area contributed by atoms with Crippen LogP contribution in [0.15, 0.2) is 36.4 Å². The summed E-state index contributed by atoms with van der Waals surface area (Å²) in [6.07, 6.45) is 5.63. The minimum atomic E-state index is -3.46. The van der Waals surface area contributed by atoms with E-state index in [1.807, 2.05) is 45.0 Å². The highest BCUT2D eigenvalue weighted by molar-refractivity contribution is 7.92. The van der Waals surface area contributed by atoms with Crippen molar-refractivity contribution in [1.82, 2.24) is 5.32 Å². The number of carbonyl (C=O) groups is 1. The van der Waals surface area contributed by atoms with E-state index in [1.54, 1.807) is 12.1 Å². The summed E-state index contributed by atoms with van der Waals surface area (Å²) in [6, 6.07) is 11.3. The zero-order valence-corrected chi connectivity index (χ0v) is 21.1. The van der Waals surface area contributed by atoms with Gasteiger partial charge in [0, 0.05) is 18.4 Å². The number of amides is 1. The van der Waals surface area contributed by atoms with E-state index in [0.717, 1.165) is 54.4 Å². The Bertz CT molecular complexity index is 1170. The molecule has 1 amide bonds. The Morgan fingerprint density at radius 2 is 1.94 bits per heavy atom. The number of aryl methyl sites for hydroxylation is 2. The maximum atomic E-state index is 13.0. The van der Waals surface area contributed by atoms with Crippen LogP contribution in [0.5, 0.6) is 11.5 Å². The summed E-state index contributed by atoms with van der Waals surface area (Å²) in [7, 11) is -3.46. The summed E-state index contributed by atoms with van der Waals surface area (Å²) in [5, 5.41) is 3.24. The molecular formula is C26H34N2O5S. The first kappa shape index (κ1) is 24.4. The monoisotopic (exact) mass is 486 g/mol. The van der Waals surface area contributed by atoms with Crippen molar-refractivity contribution in [3.63, 3.8) is 0 Å². The molecule has 0 aromatic heterocycles. The second-order valence-electron chi connectivity index (χ2n) is 9.79. The molecule has 8 heteroatoms. The molecule has 2 aromatic carbocycles. The average Bonchev–Trinajstić information content (AvgIpc) is 2.72. The van der Waals surface area contributed by atoms with E-state index in [4.69, 9.17) is 9.47 Å². The highest BCUT2D eigenvalue weighted by atomic mass is 32.2. The molecule has 1 aliphatic heterocycles. The molecule has 1 spiro atoms. The number of anilines is 1. The molecule has 184 valence electrons. The SMILES string of the molecule is Cc1cccc2c1OC1(CCC1)CC2NC(=O)CCc1cccc(NS(C)(=O)=O)c1OC(C)C. The van der Waals surface area contributed by atoms with Crippen molar-refractivity contribution in [2.45, 2.75) is 77.0 Å². The van der Waals surface area contributed by atoms with E-state index in [-0.39, 0.29) is 30.1 Å². The van der Waals surface area contributed by atoms with Gasteiger partial charge in [-0.05, 0) is 63.6 Å². The minimum absolute atomic E-state index is 0.0502. The smallest absolute Gasteiger partial charge is 0.229 e. The lowest BCUT2D eigenvalue weighted by atomic mass is 9.72. The normalized spacial score (nSPS) is 18.6. The number of para-hydroxylation sites is 2. The van der Waals surface area contributed by atoms with Gasteiger partial charge in [-0.25, -0.2) is 8.42 Å². The Morgan fingerprint density at radius 3 is 2.59 bits per heavy atom. The predicted molar refractivity (Wildman–Crippen MR) is 133 cm³/mol. The first-order valence-corrected chi connectivity index (χ1v) is 13.8. The molecule has 1 unspecified atom stereocenters. The van der Waals surface area contributed by atoms with Gasteiger partial charge in [0.2, 0.25) is 15.9 Å². The first-order chi connectivity index (χ1) is 16.1. The molecule has 2 aliphatic rings. The van der Waals surface area contributed by atoms with Crippen molar-refractivity contribution in [3.8, 4) is 11.5 Å². The Balaban J connectivity index is 1.49. The standard InChI is InChI=1S/C26H34N2O5S/c1-17(2)32-25-19(9-6-11-21(25)28-34(4,30)31)12-13-23(29)27-22-16-26(14-7-15-26)33-24-18(3)8-5-10-20(22)24/h5-6,8-11,17,22,28H,7,12-16H2,1-4H3,(H,27,29). The van der Waals surface area contributed by atoms with Crippen LogP contribution in [0.25, 0.3) is 0 Å². The van der Waals surface area contributed by atoms with Crippen LogP contribution < -0.4 is 19.5 Å². The molecule has 1 saturated carbocycles. The van der Waals surface area contributed by atoms with Crippen LogP contribution in [0.3, 0.4) is 0 Å². The van der Waals surface area contributed by atoms with Crippen LogP contribution in [0.1, 0.15) is 68.7 Å². The number of nitrogens with one attached hydrogen (secondary N) is 2. The molecule has 0 radical (unpaired) electrons. The van der Waals surface area contributed by atoms with Crippen molar-refractivity contribution in [1.29, 1.82) is 0 Å². The number of hydrogen-bond donors (Lipinski definition) is 2. The van der Waals surface area contributed by atoms with E-state index in [0.29, 0.717) is 17.9 Å². The van der Waals surface area contributed by atoms with Crippen LogP contribution in [-0.4, -0.2) is 32.3 Å². The predicted octanol–water partition coefficient (Wildman–Crippen LogP) is 4.65. The third-order valence-corrected chi connectivity index (χ3v) is 7.07. The van der Waals surface area contributed by atoms with Crippen molar-refractivity contribution >= 4 is 21.6 Å². The molecule has 0 bridgehead atoms. The van der Waals surface area contributed by atoms with Crippen molar-refractivity contribution in [2.75, 3.05) is 11.0 Å². The number of rotatable bonds is 8. The molecule has 0 saturated heterocycles. The van der Waals surface area contributed by atoms with Gasteiger partial charge in [-0.15, -0.1) is 0 Å². The lowest BCUT2D eigenvalue weighted by molar-refractivity contribution is -0.123. The molecule has 2 N–H and O–H groups in total. The van der Waals surface area contributed by atoms with Gasteiger partial charge in [-0.3, -0.25) is 9.52 Å². The first-order valence-electron chi connectivity index (χ1n) is 11.9. The van der Waals surface area contributed by atoms with Gasteiger partial charge in [-0.2, -0.15) is 0 Å². The zero-order valence-electron chi connectivity index (χ0n) is 20.3. The molecule has 1 fully saturated rings. The van der Waals surface area contributed by atoms with Crippen LogP contribution in [0.2, 0.25) is 0 Å². The number of benzene rings is 2. The Morgan fingerprint density at radius 1 is 1.21 bits per heavy atom. The Kier molecular flexibility index (Phi) is 6.80. The van der Waals surface area contributed by atoms with Gasteiger partial charge in [0.05, 0.1) is 24.1 Å². The van der Waals surface area contributed by atoms with Crippen molar-refractivity contribution in [3.05, 3.63) is 53.1 Å². The highest BCUT2D eigenvalue weighted by Gasteiger charge is 2.46. The third kappa shape index (κ3) is 5.49. The second kappa shape index (κ2) is 9.49. The van der Waals surface area contributed by atoms with E-state index in [2.05, 4.69) is 10.0 Å². The summed E-state index contributed by atoms with van der Waals surface area (Å²) >= 11 is 0. The molecule has 2 aromatic rings. The lowest BCUT2D eigenvalue weighted by Crippen LogP contribution is -2.50. The molecule has 1 heterocycles. The summed E-state index contributed by atoms with van der Waals surface area (Å²) in [4.78, 5) is 13.0. The van der Waals surface area contributed by atoms with Crippen LogP contribution in [0.4, 0.5) is 5.69 Å². The largest absolute Gasteiger partial charge is 0.489 e. The van der Waals surface area contributed by atoms with Gasteiger partial charge < -0.3 is 14.8 Å². The van der Waals surface area contributed by atoms with E-state index >= 15 is 0 Å². The fourth-order valence-electron chi connectivity index (χ4n) is 4.79. The lowest BCUT2D eigenvalue weighted by Gasteiger charge is -2.48. The van der Waals surface area contributed by atoms with Gasteiger partial charge >= 0.3 is 0 Å². The summed E-state index contributed by atoms with van der Waals surface area (Å²) in [5.41, 5.74) is 3.13. The number of ether oxygens (including phenoxy) is 2. The van der Waals surface area contributed by atoms with Crippen LogP contribution >= 0.6 is 0 Å². The number of sulfonamides is 1. The molecule has 34 heavy (non-hydrogen) atoms. The molecule has 1 aliphatic carbocycles. The molecular weight excluding hydrogens is 452 g/mol. The summed E-state index contributed by atoms with van der Waals surface area (Å²) in [5.74, 6) is 1.33. The number of fused-ring (bicyclic) bond motifs is 1. The number of carbonyl (C=O) groups excluding carboxylic acids is 1. The van der Waals surface area contributed by atoms with Crippen LogP contribution in [-0.2, 0) is 21.2 Å². The molecule has 4 rings (SSSR count). The third-order valence-electron chi connectivity index (χ3n) is 6.48. The highest BCUT2D eigenvalue weighted by Crippen LogP contribution is 2.49. The quantitative estimate of drug-likeness (QED) is 0.567. The number of hydrogen-bond acceptors (Lipinski definition) is 5. The fraction of sp³-hybridized carbons (Fsp3) is 0.500. The van der Waals surface area contributed by atoms with Gasteiger partial charge in [-0.1, -0.05) is 30.3 Å².